The molecular formula is C15H25N7O3S. The first-order valence-corrected chi connectivity index (χ1v) is 9.48. The van der Waals surface area contributed by atoms with E-state index in [1.807, 2.05) is 30.3 Å². The summed E-state index contributed by atoms with van der Waals surface area (Å²) in [5.74, 6) is -0.638. The average molecular weight is 383 g/mol. The average Bonchev–Trinajstić information content (AvgIpc) is 2.56. The van der Waals surface area contributed by atoms with Gasteiger partial charge < -0.3 is 27.0 Å². The first-order chi connectivity index (χ1) is 12.2. The van der Waals surface area contributed by atoms with Crippen LogP contribution in [0.5, 0.6) is 0 Å². The fraction of sp³-hybridized carbons (Fsp3) is 0.333. The van der Waals surface area contributed by atoms with Crippen molar-refractivity contribution in [1.29, 1.82) is 5.41 Å². The van der Waals surface area contributed by atoms with Gasteiger partial charge in [0, 0.05) is 19.6 Å². The summed E-state index contributed by atoms with van der Waals surface area (Å²) >= 11 is 0. The van der Waals surface area contributed by atoms with E-state index in [0.29, 0.717) is 6.54 Å². The topological polar surface area (TPSA) is 175 Å². The molecule has 0 aliphatic carbocycles. The summed E-state index contributed by atoms with van der Waals surface area (Å²) < 4.78 is 21.8. The zero-order valence-electron chi connectivity index (χ0n) is 14.3. The zero-order valence-corrected chi connectivity index (χ0v) is 15.1. The molecule has 9 N–H and O–H groups in total. The minimum Gasteiger partial charge on any atom is -0.371 e. The fourth-order valence-electron chi connectivity index (χ4n) is 1.94. The van der Waals surface area contributed by atoms with Gasteiger partial charge in [0.1, 0.15) is 6.04 Å². The molecule has 1 rings (SSSR count). The number of carbonyl (C=O) groups excluding carboxylic acids is 1. The van der Waals surface area contributed by atoms with Gasteiger partial charge in [-0.3, -0.25) is 10.2 Å². The number of amides is 1. The molecule has 0 radical (unpaired) electrons. The molecule has 0 heterocycles. The van der Waals surface area contributed by atoms with E-state index in [9.17, 15) is 13.2 Å². The number of benzene rings is 1. The smallest absolute Gasteiger partial charge is 0.244 e. The summed E-state index contributed by atoms with van der Waals surface area (Å²) in [6.07, 6.45) is 0. The molecule has 0 saturated carbocycles. The van der Waals surface area contributed by atoms with Crippen LogP contribution in [-0.4, -0.2) is 45.2 Å². The molecule has 0 aliphatic rings. The van der Waals surface area contributed by atoms with Crippen molar-refractivity contribution >= 4 is 21.9 Å². The number of sulfonamides is 1. The van der Waals surface area contributed by atoms with Crippen molar-refractivity contribution in [2.45, 2.75) is 12.6 Å². The fourth-order valence-corrected chi connectivity index (χ4v) is 2.32. The highest BCUT2D eigenvalue weighted by Crippen LogP contribution is 1.98. The van der Waals surface area contributed by atoms with Crippen molar-refractivity contribution < 1.29 is 13.2 Å². The maximum atomic E-state index is 12.4. The van der Waals surface area contributed by atoms with Crippen LogP contribution >= 0.6 is 0 Å². The summed E-state index contributed by atoms with van der Waals surface area (Å²) in [6, 6.07) is 8.59. The van der Waals surface area contributed by atoms with E-state index in [1.165, 1.54) is 0 Å². The molecule has 1 amide bonds. The Bertz CT molecular complexity index is 722. The van der Waals surface area contributed by atoms with Crippen LogP contribution in [0.25, 0.3) is 0 Å². The lowest BCUT2D eigenvalue weighted by atomic mass is 10.2. The summed E-state index contributed by atoms with van der Waals surface area (Å²) in [7, 11) is -3.59. The lowest BCUT2D eigenvalue weighted by Crippen LogP contribution is -2.52. The van der Waals surface area contributed by atoms with Gasteiger partial charge in [-0.25, -0.2) is 13.6 Å². The summed E-state index contributed by atoms with van der Waals surface area (Å²) in [4.78, 5) is 12.4. The third-order valence-electron chi connectivity index (χ3n) is 3.20. The van der Waals surface area contributed by atoms with E-state index >= 15 is 0 Å². The van der Waals surface area contributed by atoms with Gasteiger partial charge >= 0.3 is 0 Å². The first-order valence-electron chi connectivity index (χ1n) is 7.76. The lowest BCUT2D eigenvalue weighted by Gasteiger charge is -2.22. The van der Waals surface area contributed by atoms with Crippen molar-refractivity contribution in [3.8, 4) is 0 Å². The number of carbonyl (C=O) groups is 1. The number of hydrogen-bond donors (Lipinski definition) is 7. The molecule has 0 aromatic heterocycles. The van der Waals surface area contributed by atoms with Crippen LogP contribution < -0.4 is 32.1 Å². The number of guanidine groups is 1. The molecule has 1 aromatic rings. The predicted molar refractivity (Wildman–Crippen MR) is 100 cm³/mol. The predicted octanol–water partition coefficient (Wildman–Crippen LogP) is -1.91. The number of nitrogens with one attached hydrogen (secondary N) is 5. The molecule has 11 heteroatoms. The third-order valence-corrected chi connectivity index (χ3v) is 3.97. The molecule has 26 heavy (non-hydrogen) atoms. The Morgan fingerprint density at radius 2 is 1.85 bits per heavy atom. The molecule has 1 aromatic carbocycles. The van der Waals surface area contributed by atoms with E-state index in [-0.39, 0.29) is 36.5 Å². The maximum absolute atomic E-state index is 12.4. The van der Waals surface area contributed by atoms with Crippen LogP contribution in [0, 0.1) is 5.41 Å². The van der Waals surface area contributed by atoms with Crippen molar-refractivity contribution in [3.63, 3.8) is 0 Å². The summed E-state index contributed by atoms with van der Waals surface area (Å²) in [5, 5.41) is 23.0. The molecule has 1 unspecified atom stereocenters. The molecule has 0 bridgehead atoms. The summed E-state index contributed by atoms with van der Waals surface area (Å²) in [6.45, 7) is 4.12. The SMILES string of the molecule is C=C(NCCS(N)(=O)=O)NC(CNC(=N)N)C(=O)NCc1ccccc1. The van der Waals surface area contributed by atoms with Gasteiger partial charge in [-0.1, -0.05) is 36.9 Å². The van der Waals surface area contributed by atoms with Crippen molar-refractivity contribution in [3.05, 3.63) is 48.3 Å². The molecule has 144 valence electrons. The Balaban J connectivity index is 2.57. The highest BCUT2D eigenvalue weighted by Gasteiger charge is 2.18. The monoisotopic (exact) mass is 383 g/mol. The van der Waals surface area contributed by atoms with Gasteiger partial charge in [0.05, 0.1) is 11.6 Å². The van der Waals surface area contributed by atoms with Crippen molar-refractivity contribution in [2.75, 3.05) is 18.8 Å². The second-order valence-corrected chi connectivity index (χ2v) is 7.20. The van der Waals surface area contributed by atoms with E-state index in [1.54, 1.807) is 0 Å². The minimum absolute atomic E-state index is 0.0448. The van der Waals surface area contributed by atoms with E-state index < -0.39 is 16.1 Å². The third kappa shape index (κ3) is 9.49. The van der Waals surface area contributed by atoms with Gasteiger partial charge in [0.15, 0.2) is 5.96 Å². The van der Waals surface area contributed by atoms with Crippen LogP contribution in [0.3, 0.4) is 0 Å². The second-order valence-electron chi connectivity index (χ2n) is 5.47. The Kier molecular flexibility index (Phi) is 8.38. The van der Waals surface area contributed by atoms with Crippen molar-refractivity contribution in [1.82, 2.24) is 21.3 Å². The second kappa shape index (κ2) is 10.3. The first kappa shape index (κ1) is 21.3. The Morgan fingerprint density at radius 3 is 2.42 bits per heavy atom. The Labute approximate surface area is 153 Å². The maximum Gasteiger partial charge on any atom is 0.244 e. The molecule has 0 aliphatic heterocycles. The molecule has 10 nitrogen and oxygen atoms in total. The zero-order chi connectivity index (χ0) is 19.6. The van der Waals surface area contributed by atoms with E-state index in [4.69, 9.17) is 16.3 Å². The van der Waals surface area contributed by atoms with Crippen LogP contribution in [0.4, 0.5) is 0 Å². The van der Waals surface area contributed by atoms with Crippen molar-refractivity contribution in [2.24, 2.45) is 10.9 Å². The van der Waals surface area contributed by atoms with Crippen LogP contribution in [0.1, 0.15) is 5.56 Å². The minimum atomic E-state index is -3.59. The van der Waals surface area contributed by atoms with Gasteiger partial charge in [-0.15, -0.1) is 0 Å². The number of nitrogens with two attached hydrogens (primary N) is 2. The standard InChI is InChI=1S/C15H25N7O3S/c1-11(19-7-8-26(18,24)25)22-13(10-21-15(16)17)14(23)20-9-12-5-3-2-4-6-12/h2-6,13,19,22H,1,7-10H2,(H,20,23)(H4,16,17,21)(H2,18,24,25). The van der Waals surface area contributed by atoms with Gasteiger partial charge in [-0.05, 0) is 5.56 Å². The van der Waals surface area contributed by atoms with E-state index in [2.05, 4.69) is 27.8 Å². The van der Waals surface area contributed by atoms with Crippen LogP contribution in [0.2, 0.25) is 0 Å². The van der Waals surface area contributed by atoms with Gasteiger partial charge in [0.2, 0.25) is 15.9 Å². The van der Waals surface area contributed by atoms with Crippen LogP contribution in [0.15, 0.2) is 42.7 Å². The Hall–Kier alpha value is -2.79. The van der Waals surface area contributed by atoms with Gasteiger partial charge in [-0.2, -0.15) is 0 Å². The normalized spacial score (nSPS) is 11.9. The van der Waals surface area contributed by atoms with Gasteiger partial charge in [0.25, 0.3) is 0 Å². The molecule has 0 saturated heterocycles. The number of primary sulfonamides is 1. The highest BCUT2D eigenvalue weighted by molar-refractivity contribution is 7.89. The highest BCUT2D eigenvalue weighted by atomic mass is 32.2. The lowest BCUT2D eigenvalue weighted by molar-refractivity contribution is -0.123. The Morgan fingerprint density at radius 1 is 1.19 bits per heavy atom. The molecular weight excluding hydrogens is 358 g/mol. The molecule has 1 atom stereocenters. The quantitative estimate of drug-likeness (QED) is 0.172. The van der Waals surface area contributed by atoms with Crippen LogP contribution in [-0.2, 0) is 21.4 Å². The summed E-state index contributed by atoms with van der Waals surface area (Å²) in [5.41, 5.74) is 6.19. The molecule has 0 spiro atoms. The largest absolute Gasteiger partial charge is 0.371 e. The van der Waals surface area contributed by atoms with E-state index in [0.717, 1.165) is 5.56 Å². The number of hydrogen-bond acceptors (Lipinski definition) is 6. The molecule has 0 fully saturated rings. The number of rotatable bonds is 11.